The third-order valence-electron chi connectivity index (χ3n) is 2.31. The molecule has 1 atom stereocenters. The minimum Gasteiger partial charge on any atom is -0.467 e. The van der Waals surface area contributed by atoms with Crippen LogP contribution in [0.2, 0.25) is 0 Å². The predicted molar refractivity (Wildman–Crippen MR) is 60.3 cm³/mol. The molecule has 1 heterocycles. The maximum atomic E-state index is 9.00. The standard InChI is InChI=1S/C13H12N2O/c14-9-12(13-7-4-8-16-13)15-10-11-5-2-1-3-6-11/h1-8,12,15H,10H2/t12-/m1/s1. The Morgan fingerprint density at radius 1 is 1.19 bits per heavy atom. The highest BCUT2D eigenvalue weighted by molar-refractivity contribution is 5.17. The third kappa shape index (κ3) is 2.50. The summed E-state index contributed by atoms with van der Waals surface area (Å²) in [5.74, 6) is 0.651. The molecule has 1 aromatic heterocycles. The molecular formula is C13H12N2O. The zero-order valence-corrected chi connectivity index (χ0v) is 8.76. The summed E-state index contributed by atoms with van der Waals surface area (Å²) in [6, 6.07) is 15.3. The normalized spacial score (nSPS) is 11.9. The van der Waals surface area contributed by atoms with Crippen molar-refractivity contribution in [1.82, 2.24) is 5.32 Å². The summed E-state index contributed by atoms with van der Waals surface area (Å²) < 4.78 is 5.19. The zero-order valence-electron chi connectivity index (χ0n) is 8.76. The first kappa shape index (κ1) is 10.5. The van der Waals surface area contributed by atoms with E-state index in [9.17, 15) is 0 Å². The molecule has 0 spiro atoms. The van der Waals surface area contributed by atoms with Gasteiger partial charge in [-0.25, -0.2) is 0 Å². The van der Waals surface area contributed by atoms with Gasteiger partial charge in [0.25, 0.3) is 0 Å². The van der Waals surface area contributed by atoms with Crippen molar-refractivity contribution >= 4 is 0 Å². The van der Waals surface area contributed by atoms with Crippen LogP contribution in [-0.4, -0.2) is 0 Å². The fourth-order valence-electron chi connectivity index (χ4n) is 1.48. The van der Waals surface area contributed by atoms with E-state index < -0.39 is 6.04 Å². The van der Waals surface area contributed by atoms with E-state index in [1.165, 1.54) is 0 Å². The first-order chi connectivity index (χ1) is 7.90. The van der Waals surface area contributed by atoms with Gasteiger partial charge >= 0.3 is 0 Å². The molecular weight excluding hydrogens is 200 g/mol. The topological polar surface area (TPSA) is 49.0 Å². The fourth-order valence-corrected chi connectivity index (χ4v) is 1.48. The van der Waals surface area contributed by atoms with Crippen molar-refractivity contribution in [1.29, 1.82) is 5.26 Å². The number of nitrogens with zero attached hydrogens (tertiary/aromatic N) is 1. The molecule has 0 aliphatic rings. The Hall–Kier alpha value is -2.05. The number of hydrogen-bond acceptors (Lipinski definition) is 3. The van der Waals surface area contributed by atoms with Gasteiger partial charge in [0.15, 0.2) is 6.04 Å². The number of furan rings is 1. The van der Waals surface area contributed by atoms with E-state index in [2.05, 4.69) is 11.4 Å². The Kier molecular flexibility index (Phi) is 3.37. The SMILES string of the molecule is N#C[C@@H](NCc1ccccc1)c1ccco1. The van der Waals surface area contributed by atoms with E-state index in [4.69, 9.17) is 9.68 Å². The minimum absolute atomic E-state index is 0.393. The molecule has 0 aliphatic heterocycles. The average molecular weight is 212 g/mol. The highest BCUT2D eigenvalue weighted by Gasteiger charge is 2.11. The van der Waals surface area contributed by atoms with Crippen molar-refractivity contribution in [2.24, 2.45) is 0 Å². The third-order valence-corrected chi connectivity index (χ3v) is 2.31. The molecule has 80 valence electrons. The maximum absolute atomic E-state index is 9.00. The Balaban J connectivity index is 1.97. The summed E-state index contributed by atoms with van der Waals surface area (Å²) >= 11 is 0. The highest BCUT2D eigenvalue weighted by Crippen LogP contribution is 2.13. The molecule has 16 heavy (non-hydrogen) atoms. The number of benzene rings is 1. The van der Waals surface area contributed by atoms with E-state index >= 15 is 0 Å². The molecule has 2 rings (SSSR count). The van der Waals surface area contributed by atoms with Gasteiger partial charge in [-0.1, -0.05) is 30.3 Å². The monoisotopic (exact) mass is 212 g/mol. The van der Waals surface area contributed by atoms with E-state index in [0.717, 1.165) is 5.56 Å². The molecule has 2 aromatic rings. The molecule has 1 aromatic carbocycles. The Bertz CT molecular complexity index is 456. The van der Waals surface area contributed by atoms with Crippen LogP contribution in [0.1, 0.15) is 17.4 Å². The maximum Gasteiger partial charge on any atom is 0.154 e. The summed E-state index contributed by atoms with van der Waals surface area (Å²) in [6.45, 7) is 0.653. The summed E-state index contributed by atoms with van der Waals surface area (Å²) in [7, 11) is 0. The molecule has 0 bridgehead atoms. The highest BCUT2D eigenvalue weighted by atomic mass is 16.3. The van der Waals surface area contributed by atoms with Gasteiger partial charge in [0.1, 0.15) is 5.76 Å². The average Bonchev–Trinajstić information content (AvgIpc) is 2.85. The lowest BCUT2D eigenvalue weighted by Crippen LogP contribution is -2.18. The minimum atomic E-state index is -0.393. The first-order valence-electron chi connectivity index (χ1n) is 5.10. The van der Waals surface area contributed by atoms with Crippen LogP contribution < -0.4 is 5.32 Å². The molecule has 0 amide bonds. The van der Waals surface area contributed by atoms with Gasteiger partial charge in [-0.2, -0.15) is 5.26 Å². The number of rotatable bonds is 4. The number of nitriles is 1. The van der Waals surface area contributed by atoms with Crippen molar-refractivity contribution in [2.45, 2.75) is 12.6 Å². The second-order valence-corrected chi connectivity index (χ2v) is 3.44. The lowest BCUT2D eigenvalue weighted by Gasteiger charge is -2.08. The summed E-state index contributed by atoms with van der Waals surface area (Å²) in [6.07, 6.45) is 1.57. The quantitative estimate of drug-likeness (QED) is 0.847. The second-order valence-electron chi connectivity index (χ2n) is 3.44. The van der Waals surface area contributed by atoms with Crippen LogP contribution in [0.4, 0.5) is 0 Å². The van der Waals surface area contributed by atoms with Crippen LogP contribution in [0.25, 0.3) is 0 Å². The van der Waals surface area contributed by atoms with E-state index in [0.29, 0.717) is 12.3 Å². The van der Waals surface area contributed by atoms with Crippen LogP contribution in [-0.2, 0) is 6.54 Å². The van der Waals surface area contributed by atoms with Crippen molar-refractivity contribution in [3.63, 3.8) is 0 Å². The van der Waals surface area contributed by atoms with Gasteiger partial charge in [-0.15, -0.1) is 0 Å². The lowest BCUT2D eigenvalue weighted by atomic mass is 10.2. The number of hydrogen-bond donors (Lipinski definition) is 1. The molecule has 0 saturated carbocycles. The van der Waals surface area contributed by atoms with Crippen molar-refractivity contribution < 1.29 is 4.42 Å². The summed E-state index contributed by atoms with van der Waals surface area (Å²) in [5, 5.41) is 12.1. The van der Waals surface area contributed by atoms with E-state index in [1.807, 2.05) is 30.3 Å². The first-order valence-corrected chi connectivity index (χ1v) is 5.10. The van der Waals surface area contributed by atoms with Crippen molar-refractivity contribution in [2.75, 3.05) is 0 Å². The summed E-state index contributed by atoms with van der Waals surface area (Å²) in [5.41, 5.74) is 1.15. The van der Waals surface area contributed by atoms with Crippen LogP contribution in [0.15, 0.2) is 53.1 Å². The molecule has 0 aliphatic carbocycles. The van der Waals surface area contributed by atoms with E-state index in [-0.39, 0.29) is 0 Å². The van der Waals surface area contributed by atoms with Gasteiger partial charge in [0.2, 0.25) is 0 Å². The van der Waals surface area contributed by atoms with E-state index in [1.54, 1.807) is 18.4 Å². The fraction of sp³-hybridized carbons (Fsp3) is 0.154. The Labute approximate surface area is 94.3 Å². The lowest BCUT2D eigenvalue weighted by molar-refractivity contribution is 0.457. The van der Waals surface area contributed by atoms with Crippen LogP contribution in [0.5, 0.6) is 0 Å². The predicted octanol–water partition coefficient (Wildman–Crippen LogP) is 2.63. The number of nitrogens with one attached hydrogen (secondary N) is 1. The van der Waals surface area contributed by atoms with Gasteiger partial charge in [-0.05, 0) is 17.7 Å². The molecule has 0 unspecified atom stereocenters. The zero-order chi connectivity index (χ0) is 11.2. The molecule has 3 heteroatoms. The molecule has 0 radical (unpaired) electrons. The van der Waals surface area contributed by atoms with Crippen LogP contribution in [0.3, 0.4) is 0 Å². The largest absolute Gasteiger partial charge is 0.467 e. The van der Waals surface area contributed by atoms with Crippen LogP contribution in [0, 0.1) is 11.3 Å². The van der Waals surface area contributed by atoms with Gasteiger partial charge in [0.05, 0.1) is 12.3 Å². The summed E-state index contributed by atoms with van der Waals surface area (Å²) in [4.78, 5) is 0. The molecule has 3 nitrogen and oxygen atoms in total. The Morgan fingerprint density at radius 2 is 2.00 bits per heavy atom. The molecule has 1 N–H and O–H groups in total. The van der Waals surface area contributed by atoms with Gasteiger partial charge < -0.3 is 4.42 Å². The molecule has 0 saturated heterocycles. The second kappa shape index (κ2) is 5.15. The van der Waals surface area contributed by atoms with Crippen molar-refractivity contribution in [3.05, 3.63) is 60.1 Å². The smallest absolute Gasteiger partial charge is 0.154 e. The Morgan fingerprint density at radius 3 is 2.62 bits per heavy atom. The van der Waals surface area contributed by atoms with Gasteiger partial charge in [0, 0.05) is 6.54 Å². The van der Waals surface area contributed by atoms with Crippen LogP contribution >= 0.6 is 0 Å². The molecule has 0 fully saturated rings. The van der Waals surface area contributed by atoms with Gasteiger partial charge in [-0.3, -0.25) is 5.32 Å². The van der Waals surface area contributed by atoms with Crippen molar-refractivity contribution in [3.8, 4) is 6.07 Å².